The molecule has 1 aromatic carbocycles. The molecule has 1 aromatic heterocycles. The number of carbonyl (C=O) groups is 2. The largest absolute Gasteiger partial charge is 0.290 e. The van der Waals surface area contributed by atoms with E-state index < -0.39 is 27.8 Å². The number of hydrogen-bond donors (Lipinski definition) is 2. The SMILES string of the molecule is CCCn1nc(C(=O)NNC(=O)C2CCCN(S(=O)(=O)CCC)C2)c2ccccc2c1=O. The highest BCUT2D eigenvalue weighted by Gasteiger charge is 2.32. The van der Waals surface area contributed by atoms with Crippen LogP contribution in [0.4, 0.5) is 0 Å². The van der Waals surface area contributed by atoms with E-state index >= 15 is 0 Å². The number of rotatable bonds is 7. The van der Waals surface area contributed by atoms with Crippen LogP contribution in [0.3, 0.4) is 0 Å². The van der Waals surface area contributed by atoms with E-state index in [-0.39, 0.29) is 23.6 Å². The number of nitrogens with one attached hydrogen (secondary N) is 2. The van der Waals surface area contributed by atoms with Gasteiger partial charge in [0.2, 0.25) is 15.9 Å². The van der Waals surface area contributed by atoms with Crippen LogP contribution in [0.2, 0.25) is 0 Å². The molecule has 10 nitrogen and oxygen atoms in total. The fourth-order valence-corrected chi connectivity index (χ4v) is 5.43. The fraction of sp³-hybridized carbons (Fsp3) is 0.524. The second-order valence-corrected chi connectivity index (χ2v) is 9.97. The van der Waals surface area contributed by atoms with Gasteiger partial charge in [-0.3, -0.25) is 25.2 Å². The van der Waals surface area contributed by atoms with Crippen LogP contribution in [0.15, 0.2) is 29.1 Å². The van der Waals surface area contributed by atoms with Crippen molar-refractivity contribution in [3.63, 3.8) is 0 Å². The van der Waals surface area contributed by atoms with Crippen molar-refractivity contribution in [2.45, 2.75) is 46.1 Å². The predicted octanol–water partition coefficient (Wildman–Crippen LogP) is 1.02. The van der Waals surface area contributed by atoms with Crippen molar-refractivity contribution in [3.05, 3.63) is 40.3 Å². The van der Waals surface area contributed by atoms with E-state index in [1.54, 1.807) is 31.2 Å². The molecule has 32 heavy (non-hydrogen) atoms. The summed E-state index contributed by atoms with van der Waals surface area (Å²) >= 11 is 0. The van der Waals surface area contributed by atoms with E-state index in [1.807, 2.05) is 6.92 Å². The van der Waals surface area contributed by atoms with Crippen LogP contribution in [0.5, 0.6) is 0 Å². The van der Waals surface area contributed by atoms with Crippen LogP contribution in [0.1, 0.15) is 50.0 Å². The van der Waals surface area contributed by atoms with Gasteiger partial charge in [-0.25, -0.2) is 17.4 Å². The second kappa shape index (κ2) is 10.2. The molecule has 1 saturated heterocycles. The van der Waals surface area contributed by atoms with Gasteiger partial charge in [0, 0.05) is 25.0 Å². The average molecular weight is 464 g/mol. The molecule has 0 saturated carbocycles. The number of amides is 2. The van der Waals surface area contributed by atoms with Crippen molar-refractivity contribution in [1.82, 2.24) is 24.9 Å². The Balaban J connectivity index is 1.73. The third-order valence-corrected chi connectivity index (χ3v) is 7.47. The van der Waals surface area contributed by atoms with Crippen molar-refractivity contribution < 1.29 is 18.0 Å². The Morgan fingerprint density at radius 2 is 1.84 bits per heavy atom. The number of benzene rings is 1. The molecule has 2 aromatic rings. The molecule has 2 amide bonds. The number of sulfonamides is 1. The van der Waals surface area contributed by atoms with Crippen LogP contribution < -0.4 is 16.4 Å². The Labute approximate surface area is 187 Å². The fourth-order valence-electron chi connectivity index (χ4n) is 3.84. The summed E-state index contributed by atoms with van der Waals surface area (Å²) in [6.07, 6.45) is 2.28. The minimum Gasteiger partial charge on any atom is -0.273 e. The molecule has 1 fully saturated rings. The molecule has 1 unspecified atom stereocenters. The second-order valence-electron chi connectivity index (χ2n) is 7.88. The zero-order chi connectivity index (χ0) is 23.3. The lowest BCUT2D eigenvalue weighted by Gasteiger charge is -2.31. The third kappa shape index (κ3) is 5.16. The molecule has 1 atom stereocenters. The number of aryl methyl sites for hydroxylation is 1. The van der Waals surface area contributed by atoms with Gasteiger partial charge in [0.15, 0.2) is 5.69 Å². The molecule has 0 bridgehead atoms. The van der Waals surface area contributed by atoms with Gasteiger partial charge in [-0.2, -0.15) is 5.10 Å². The molecule has 3 rings (SSSR count). The van der Waals surface area contributed by atoms with Crippen molar-refractivity contribution in [1.29, 1.82) is 0 Å². The van der Waals surface area contributed by atoms with Crippen LogP contribution in [-0.4, -0.2) is 53.2 Å². The van der Waals surface area contributed by atoms with E-state index in [2.05, 4.69) is 16.0 Å². The minimum absolute atomic E-state index is 0.0322. The topological polar surface area (TPSA) is 130 Å². The first kappa shape index (κ1) is 23.9. The standard InChI is InChI=1S/C21H29N5O5S/c1-3-11-26-21(29)17-10-6-5-9-16(17)18(24-26)20(28)23-22-19(27)15-8-7-12-25(14-15)32(30,31)13-4-2/h5-6,9-10,15H,3-4,7-8,11-14H2,1-2H3,(H,22,27)(H,23,28). The van der Waals surface area contributed by atoms with Gasteiger partial charge in [0.25, 0.3) is 11.5 Å². The summed E-state index contributed by atoms with van der Waals surface area (Å²) in [5.41, 5.74) is 4.52. The summed E-state index contributed by atoms with van der Waals surface area (Å²) in [7, 11) is -3.39. The summed E-state index contributed by atoms with van der Waals surface area (Å²) in [6.45, 7) is 4.54. The number of nitrogens with zero attached hydrogens (tertiary/aromatic N) is 3. The molecular weight excluding hydrogens is 434 g/mol. The van der Waals surface area contributed by atoms with Crippen molar-refractivity contribution in [2.24, 2.45) is 5.92 Å². The average Bonchev–Trinajstić information content (AvgIpc) is 2.79. The highest BCUT2D eigenvalue weighted by molar-refractivity contribution is 7.89. The number of piperidine rings is 1. The van der Waals surface area contributed by atoms with E-state index in [0.717, 1.165) is 0 Å². The molecular formula is C21H29N5O5S. The highest BCUT2D eigenvalue weighted by atomic mass is 32.2. The van der Waals surface area contributed by atoms with Gasteiger partial charge in [-0.15, -0.1) is 0 Å². The Bertz CT molecular complexity index is 1160. The van der Waals surface area contributed by atoms with Crippen molar-refractivity contribution >= 4 is 32.6 Å². The van der Waals surface area contributed by atoms with Gasteiger partial charge < -0.3 is 0 Å². The molecule has 2 N–H and O–H groups in total. The van der Waals surface area contributed by atoms with Gasteiger partial charge in [-0.1, -0.05) is 32.0 Å². The summed E-state index contributed by atoms with van der Waals surface area (Å²) in [4.78, 5) is 38.0. The van der Waals surface area contributed by atoms with Gasteiger partial charge in [0.1, 0.15) is 0 Å². The molecule has 0 radical (unpaired) electrons. The predicted molar refractivity (Wildman–Crippen MR) is 120 cm³/mol. The minimum atomic E-state index is -3.39. The van der Waals surface area contributed by atoms with E-state index in [1.165, 1.54) is 8.99 Å². The Morgan fingerprint density at radius 1 is 1.12 bits per heavy atom. The molecule has 0 aliphatic carbocycles. The van der Waals surface area contributed by atoms with Gasteiger partial charge in [0.05, 0.1) is 17.1 Å². The number of hydrazine groups is 1. The number of fused-ring (bicyclic) bond motifs is 1. The summed E-state index contributed by atoms with van der Waals surface area (Å²) < 4.78 is 27.3. The van der Waals surface area contributed by atoms with Crippen LogP contribution in [-0.2, 0) is 21.4 Å². The Kier molecular flexibility index (Phi) is 7.62. The lowest BCUT2D eigenvalue weighted by Crippen LogP contribution is -2.50. The van der Waals surface area contributed by atoms with Gasteiger partial charge >= 0.3 is 0 Å². The maximum absolute atomic E-state index is 12.8. The maximum Gasteiger partial charge on any atom is 0.290 e. The lowest BCUT2D eigenvalue weighted by atomic mass is 9.99. The zero-order valence-corrected chi connectivity index (χ0v) is 19.2. The summed E-state index contributed by atoms with van der Waals surface area (Å²) in [5, 5.41) is 4.96. The van der Waals surface area contributed by atoms with Crippen LogP contribution in [0.25, 0.3) is 10.8 Å². The number of aromatic nitrogens is 2. The van der Waals surface area contributed by atoms with Crippen molar-refractivity contribution in [2.75, 3.05) is 18.8 Å². The maximum atomic E-state index is 12.8. The third-order valence-electron chi connectivity index (χ3n) is 5.43. The normalized spacial score (nSPS) is 17.2. The molecule has 2 heterocycles. The Hall–Kier alpha value is -2.79. The van der Waals surface area contributed by atoms with Crippen LogP contribution >= 0.6 is 0 Å². The Morgan fingerprint density at radius 3 is 2.53 bits per heavy atom. The first-order chi connectivity index (χ1) is 15.3. The highest BCUT2D eigenvalue weighted by Crippen LogP contribution is 2.20. The molecule has 1 aliphatic rings. The molecule has 1 aliphatic heterocycles. The van der Waals surface area contributed by atoms with Gasteiger partial charge in [-0.05, 0) is 31.7 Å². The first-order valence-electron chi connectivity index (χ1n) is 10.9. The number of carbonyl (C=O) groups excluding carboxylic acids is 2. The molecule has 11 heteroatoms. The summed E-state index contributed by atoms with van der Waals surface area (Å²) in [5.74, 6) is -1.62. The van der Waals surface area contributed by atoms with E-state index in [9.17, 15) is 22.8 Å². The number of hydrogen-bond acceptors (Lipinski definition) is 6. The smallest absolute Gasteiger partial charge is 0.273 e. The van der Waals surface area contributed by atoms with Crippen molar-refractivity contribution in [3.8, 4) is 0 Å². The molecule has 0 spiro atoms. The molecule has 174 valence electrons. The quantitative estimate of drug-likeness (QED) is 0.590. The van der Waals surface area contributed by atoms with Crippen LogP contribution in [0, 0.1) is 5.92 Å². The van der Waals surface area contributed by atoms with E-state index in [4.69, 9.17) is 0 Å². The first-order valence-corrected chi connectivity index (χ1v) is 12.5. The lowest BCUT2D eigenvalue weighted by molar-refractivity contribution is -0.126. The van der Waals surface area contributed by atoms with E-state index in [0.29, 0.717) is 49.5 Å². The zero-order valence-electron chi connectivity index (χ0n) is 18.3. The summed E-state index contributed by atoms with van der Waals surface area (Å²) in [6, 6.07) is 6.68. The monoisotopic (exact) mass is 463 g/mol.